The van der Waals surface area contributed by atoms with Gasteiger partial charge in [-0.05, 0) is 44.1 Å². The molecule has 21 heavy (non-hydrogen) atoms. The smallest absolute Gasteiger partial charge is 0.203 e. The van der Waals surface area contributed by atoms with E-state index in [-0.39, 0.29) is 5.75 Å². The molecule has 1 saturated heterocycles. The lowest BCUT2D eigenvalue weighted by Gasteiger charge is -2.32. The molecule has 2 rings (SSSR count). The monoisotopic (exact) mass is 294 g/mol. The van der Waals surface area contributed by atoms with Gasteiger partial charge in [-0.3, -0.25) is 0 Å². The summed E-state index contributed by atoms with van der Waals surface area (Å²) in [5.74, 6) is 1.14. The molecule has 0 aliphatic carbocycles. The molecule has 118 valence electrons. The molecule has 1 aromatic rings. The summed E-state index contributed by atoms with van der Waals surface area (Å²) in [4.78, 5) is 4.86. The lowest BCUT2D eigenvalue weighted by atomic mass is 10.1. The molecule has 5 heteroatoms. The highest BCUT2D eigenvalue weighted by atomic mass is 16.5. The summed E-state index contributed by atoms with van der Waals surface area (Å²) in [6, 6.07) is 3.72. The molecule has 0 saturated carbocycles. The van der Waals surface area contributed by atoms with Crippen molar-refractivity contribution in [2.45, 2.75) is 12.8 Å². The molecule has 0 atom stereocenters. The van der Waals surface area contributed by atoms with Crippen molar-refractivity contribution >= 4 is 0 Å². The molecular formula is C16H26N2O3. The Kier molecular flexibility index (Phi) is 5.70. The minimum Gasteiger partial charge on any atom is -0.504 e. The zero-order valence-electron chi connectivity index (χ0n) is 13.3. The number of hydrogen-bond donors (Lipinski definition) is 1. The number of aromatic hydroxyl groups is 1. The first kappa shape index (κ1) is 15.9. The van der Waals surface area contributed by atoms with Crippen LogP contribution in [0.25, 0.3) is 0 Å². The summed E-state index contributed by atoms with van der Waals surface area (Å²) in [6.45, 7) is 5.69. The average Bonchev–Trinajstić information content (AvgIpc) is 2.48. The van der Waals surface area contributed by atoms with E-state index in [0.717, 1.165) is 51.1 Å². The molecule has 5 nitrogen and oxygen atoms in total. The fourth-order valence-corrected chi connectivity index (χ4v) is 2.72. The Labute approximate surface area is 127 Å². The number of nitrogens with zero attached hydrogens (tertiary/aromatic N) is 2. The molecule has 0 spiro atoms. The summed E-state index contributed by atoms with van der Waals surface area (Å²) < 4.78 is 10.4. The standard InChI is InChI=1S/C16H26N2O3/c1-17-7-9-18(10-8-17)6-4-5-13-11-14(19)16(21-3)15(12-13)20-2/h11-12,19H,4-10H2,1-3H3. The Morgan fingerprint density at radius 3 is 2.43 bits per heavy atom. The number of aryl methyl sites for hydroxylation is 1. The van der Waals surface area contributed by atoms with E-state index in [1.807, 2.05) is 6.07 Å². The summed E-state index contributed by atoms with van der Waals surface area (Å²) in [5.41, 5.74) is 1.08. The van der Waals surface area contributed by atoms with Crippen LogP contribution in [0, 0.1) is 0 Å². The van der Waals surface area contributed by atoms with E-state index in [1.54, 1.807) is 13.2 Å². The molecule has 0 aromatic heterocycles. The molecule has 0 unspecified atom stereocenters. The van der Waals surface area contributed by atoms with Crippen LogP contribution in [-0.4, -0.2) is 68.9 Å². The first-order valence-electron chi connectivity index (χ1n) is 7.48. The zero-order chi connectivity index (χ0) is 15.2. The Morgan fingerprint density at radius 1 is 1.10 bits per heavy atom. The number of piperazine rings is 1. The number of phenols is 1. The fraction of sp³-hybridized carbons (Fsp3) is 0.625. The molecule has 0 amide bonds. The van der Waals surface area contributed by atoms with Crippen LogP contribution in [0.15, 0.2) is 12.1 Å². The lowest BCUT2D eigenvalue weighted by molar-refractivity contribution is 0.153. The normalized spacial score (nSPS) is 16.9. The van der Waals surface area contributed by atoms with E-state index in [4.69, 9.17) is 9.47 Å². The third kappa shape index (κ3) is 4.25. The van der Waals surface area contributed by atoms with Crippen molar-refractivity contribution in [2.75, 3.05) is 54.0 Å². The molecule has 0 radical (unpaired) electrons. The van der Waals surface area contributed by atoms with Crippen molar-refractivity contribution in [3.63, 3.8) is 0 Å². The van der Waals surface area contributed by atoms with Crippen LogP contribution in [0.4, 0.5) is 0 Å². The van der Waals surface area contributed by atoms with Gasteiger partial charge in [-0.25, -0.2) is 0 Å². The first-order valence-corrected chi connectivity index (χ1v) is 7.48. The van der Waals surface area contributed by atoms with E-state index in [1.165, 1.54) is 7.11 Å². The second-order valence-electron chi connectivity index (χ2n) is 5.60. The zero-order valence-corrected chi connectivity index (χ0v) is 13.3. The van der Waals surface area contributed by atoms with Crippen LogP contribution in [0.5, 0.6) is 17.2 Å². The third-order valence-electron chi connectivity index (χ3n) is 4.05. The number of benzene rings is 1. The van der Waals surface area contributed by atoms with Gasteiger partial charge in [0.05, 0.1) is 14.2 Å². The minimum atomic E-state index is 0.145. The molecule has 1 aromatic carbocycles. The summed E-state index contributed by atoms with van der Waals surface area (Å²) in [7, 11) is 5.29. The number of hydrogen-bond acceptors (Lipinski definition) is 5. The molecule has 1 N–H and O–H groups in total. The molecule has 1 aliphatic rings. The van der Waals surface area contributed by atoms with Crippen molar-refractivity contribution in [2.24, 2.45) is 0 Å². The van der Waals surface area contributed by atoms with Gasteiger partial charge >= 0.3 is 0 Å². The second-order valence-corrected chi connectivity index (χ2v) is 5.60. The predicted octanol–water partition coefficient (Wildman–Crippen LogP) is 1.59. The maximum Gasteiger partial charge on any atom is 0.203 e. The largest absolute Gasteiger partial charge is 0.504 e. The summed E-state index contributed by atoms with van der Waals surface area (Å²) >= 11 is 0. The van der Waals surface area contributed by atoms with Crippen molar-refractivity contribution < 1.29 is 14.6 Å². The quantitative estimate of drug-likeness (QED) is 0.863. The van der Waals surface area contributed by atoms with Gasteiger partial charge in [0.25, 0.3) is 0 Å². The van der Waals surface area contributed by atoms with Crippen molar-refractivity contribution in [3.05, 3.63) is 17.7 Å². The van der Waals surface area contributed by atoms with Gasteiger partial charge in [-0.15, -0.1) is 0 Å². The molecule has 0 bridgehead atoms. The van der Waals surface area contributed by atoms with Gasteiger partial charge in [0.2, 0.25) is 5.75 Å². The second kappa shape index (κ2) is 7.52. The van der Waals surface area contributed by atoms with Crippen LogP contribution in [0.2, 0.25) is 0 Å². The van der Waals surface area contributed by atoms with Crippen molar-refractivity contribution in [1.29, 1.82) is 0 Å². The number of phenolic OH excluding ortho intramolecular Hbond substituents is 1. The predicted molar refractivity (Wildman–Crippen MR) is 83.5 cm³/mol. The van der Waals surface area contributed by atoms with E-state index >= 15 is 0 Å². The van der Waals surface area contributed by atoms with Gasteiger partial charge in [0.15, 0.2) is 11.5 Å². The van der Waals surface area contributed by atoms with Gasteiger partial charge < -0.3 is 24.4 Å². The van der Waals surface area contributed by atoms with Crippen molar-refractivity contribution in [3.8, 4) is 17.2 Å². The van der Waals surface area contributed by atoms with Crippen LogP contribution in [0.1, 0.15) is 12.0 Å². The molecule has 1 aliphatic heterocycles. The maximum atomic E-state index is 9.96. The van der Waals surface area contributed by atoms with Gasteiger partial charge in [0.1, 0.15) is 0 Å². The summed E-state index contributed by atoms with van der Waals surface area (Å²) in [6.07, 6.45) is 2.01. The fourth-order valence-electron chi connectivity index (χ4n) is 2.72. The topological polar surface area (TPSA) is 45.2 Å². The minimum absolute atomic E-state index is 0.145. The van der Waals surface area contributed by atoms with Gasteiger partial charge in [-0.1, -0.05) is 0 Å². The Morgan fingerprint density at radius 2 is 1.81 bits per heavy atom. The Bertz CT molecular complexity index is 457. The lowest BCUT2D eigenvalue weighted by Crippen LogP contribution is -2.44. The van der Waals surface area contributed by atoms with Crippen LogP contribution >= 0.6 is 0 Å². The SMILES string of the molecule is COc1cc(CCCN2CCN(C)CC2)cc(O)c1OC. The summed E-state index contributed by atoms with van der Waals surface area (Å²) in [5, 5.41) is 9.96. The highest BCUT2D eigenvalue weighted by Gasteiger charge is 2.14. The van der Waals surface area contributed by atoms with Gasteiger partial charge in [-0.2, -0.15) is 0 Å². The Hall–Kier alpha value is -1.46. The molecule has 1 fully saturated rings. The first-order chi connectivity index (χ1) is 10.1. The third-order valence-corrected chi connectivity index (χ3v) is 4.05. The van der Waals surface area contributed by atoms with E-state index in [9.17, 15) is 5.11 Å². The number of methoxy groups -OCH3 is 2. The van der Waals surface area contributed by atoms with Crippen LogP contribution in [0.3, 0.4) is 0 Å². The van der Waals surface area contributed by atoms with Crippen LogP contribution < -0.4 is 9.47 Å². The highest BCUT2D eigenvalue weighted by Crippen LogP contribution is 2.37. The Balaban J connectivity index is 1.87. The highest BCUT2D eigenvalue weighted by molar-refractivity contribution is 5.53. The van der Waals surface area contributed by atoms with E-state index in [0.29, 0.717) is 11.5 Å². The van der Waals surface area contributed by atoms with Gasteiger partial charge in [0, 0.05) is 26.2 Å². The molecular weight excluding hydrogens is 268 g/mol. The maximum absolute atomic E-state index is 9.96. The molecule has 1 heterocycles. The van der Waals surface area contributed by atoms with Crippen molar-refractivity contribution in [1.82, 2.24) is 9.80 Å². The number of rotatable bonds is 6. The van der Waals surface area contributed by atoms with Crippen LogP contribution in [-0.2, 0) is 6.42 Å². The average molecular weight is 294 g/mol. The van der Waals surface area contributed by atoms with E-state index in [2.05, 4.69) is 16.8 Å². The number of ether oxygens (including phenoxy) is 2. The number of likely N-dealkylation sites (N-methyl/N-ethyl adjacent to an activating group) is 1. The van der Waals surface area contributed by atoms with E-state index < -0.39 is 0 Å².